The Kier molecular flexibility index (Phi) is 4.72. The van der Waals surface area contributed by atoms with Gasteiger partial charge in [-0.3, -0.25) is 0 Å². The van der Waals surface area contributed by atoms with E-state index in [-0.39, 0.29) is 5.41 Å². The van der Waals surface area contributed by atoms with E-state index in [2.05, 4.69) is 55.7 Å². The van der Waals surface area contributed by atoms with Gasteiger partial charge in [0.25, 0.3) is 0 Å². The Morgan fingerprint density at radius 1 is 0.914 bits per heavy atom. The van der Waals surface area contributed by atoms with Gasteiger partial charge in [-0.05, 0) is 54.2 Å². The minimum Gasteiger partial charge on any atom is -0.493 e. The van der Waals surface area contributed by atoms with Gasteiger partial charge in [-0.15, -0.1) is 0 Å². The number of aryl methyl sites for hydroxylation is 2. The molecular formula is C31H27N2O2+. The molecule has 0 radical (unpaired) electrons. The van der Waals surface area contributed by atoms with E-state index < -0.39 is 0 Å². The van der Waals surface area contributed by atoms with Gasteiger partial charge in [0.1, 0.15) is 24.0 Å². The molecule has 4 heteroatoms. The van der Waals surface area contributed by atoms with Gasteiger partial charge in [0.05, 0.1) is 23.8 Å². The maximum atomic E-state index is 10.1. The molecule has 2 aromatic heterocycles. The monoisotopic (exact) mass is 459 g/mol. The van der Waals surface area contributed by atoms with E-state index >= 15 is 0 Å². The third kappa shape index (κ3) is 3.15. The Morgan fingerprint density at radius 2 is 1.69 bits per heavy atom. The minimum atomic E-state index is -0.0787. The molecule has 0 bridgehead atoms. The van der Waals surface area contributed by atoms with E-state index in [0.717, 1.165) is 67.6 Å². The molecule has 35 heavy (non-hydrogen) atoms. The largest absolute Gasteiger partial charge is 0.493 e. The van der Waals surface area contributed by atoms with Crippen LogP contribution in [0, 0.1) is 18.3 Å². The summed E-state index contributed by atoms with van der Waals surface area (Å²) in [7, 11) is 2.05. The van der Waals surface area contributed by atoms with E-state index in [0.29, 0.717) is 12.2 Å². The number of ether oxygens (including phenoxy) is 1. The number of rotatable bonds is 2. The first kappa shape index (κ1) is 21.4. The van der Waals surface area contributed by atoms with Crippen molar-refractivity contribution in [3.8, 4) is 34.2 Å². The molecule has 3 heterocycles. The van der Waals surface area contributed by atoms with Gasteiger partial charge in [0.2, 0.25) is 5.69 Å². The van der Waals surface area contributed by atoms with Crippen molar-refractivity contribution in [2.45, 2.75) is 32.6 Å². The average Bonchev–Trinajstić information content (AvgIpc) is 3.22. The van der Waals surface area contributed by atoms with Crippen molar-refractivity contribution in [2.75, 3.05) is 6.61 Å². The molecule has 0 saturated carbocycles. The van der Waals surface area contributed by atoms with Crippen LogP contribution in [0.15, 0.2) is 71.3 Å². The highest BCUT2D eigenvalue weighted by atomic mass is 16.5. The number of nitriles is 1. The average molecular weight is 460 g/mol. The number of nitrogens with zero attached hydrogens (tertiary/aromatic N) is 2. The molecule has 6 rings (SSSR count). The third-order valence-electron chi connectivity index (χ3n) is 7.41. The smallest absolute Gasteiger partial charge is 0.216 e. The molecule has 0 amide bonds. The van der Waals surface area contributed by atoms with Gasteiger partial charge in [-0.25, -0.2) is 4.57 Å². The SMILES string of the molecule is Cc1ccc2c(oc3c(-c4cccc5c4C(C)(C)CCO5)c(C#N)ccc32)c1-c1cccc[n+]1C. The lowest BCUT2D eigenvalue weighted by atomic mass is 9.75. The predicted octanol–water partition coefficient (Wildman–Crippen LogP) is 6.98. The lowest BCUT2D eigenvalue weighted by molar-refractivity contribution is -0.660. The minimum absolute atomic E-state index is 0.0787. The van der Waals surface area contributed by atoms with Crippen molar-refractivity contribution < 1.29 is 13.7 Å². The van der Waals surface area contributed by atoms with E-state index in [1.54, 1.807) is 0 Å². The standard InChI is InChI=1S/C31H27N2O2/c1-19-11-13-21-22-14-12-20(18-32)27(23-8-7-10-25-28(23)31(2,3)15-17-34-25)30(22)35-29(21)26(19)24-9-5-6-16-33(24)4/h5-14,16H,15,17H2,1-4H3/q+1. The molecule has 0 saturated heterocycles. The van der Waals surface area contributed by atoms with Crippen molar-refractivity contribution in [1.82, 2.24) is 0 Å². The first-order chi connectivity index (χ1) is 16.9. The molecular weight excluding hydrogens is 432 g/mol. The zero-order valence-corrected chi connectivity index (χ0v) is 20.5. The number of hydrogen-bond acceptors (Lipinski definition) is 3. The predicted molar refractivity (Wildman–Crippen MR) is 138 cm³/mol. The van der Waals surface area contributed by atoms with Crippen LogP contribution in [-0.4, -0.2) is 6.61 Å². The molecule has 0 atom stereocenters. The van der Waals surface area contributed by atoms with Crippen LogP contribution in [0.4, 0.5) is 0 Å². The highest BCUT2D eigenvalue weighted by Gasteiger charge is 2.33. The Balaban J connectivity index is 1.75. The Hall–Kier alpha value is -4.10. The summed E-state index contributed by atoms with van der Waals surface area (Å²) < 4.78 is 14.9. The van der Waals surface area contributed by atoms with Crippen LogP contribution in [0.3, 0.4) is 0 Å². The van der Waals surface area contributed by atoms with E-state index in [4.69, 9.17) is 9.15 Å². The number of furan rings is 1. The first-order valence-electron chi connectivity index (χ1n) is 12.0. The maximum absolute atomic E-state index is 10.1. The summed E-state index contributed by atoms with van der Waals surface area (Å²) in [5, 5.41) is 12.2. The first-order valence-corrected chi connectivity index (χ1v) is 12.0. The summed E-state index contributed by atoms with van der Waals surface area (Å²) in [6.45, 7) is 7.31. The highest BCUT2D eigenvalue weighted by molar-refractivity contribution is 6.14. The molecule has 1 aliphatic rings. The second-order valence-corrected chi connectivity index (χ2v) is 10.1. The number of aromatic nitrogens is 1. The number of pyridine rings is 1. The van der Waals surface area contributed by atoms with Crippen LogP contribution in [0.1, 0.15) is 37.0 Å². The van der Waals surface area contributed by atoms with Crippen LogP contribution in [0.5, 0.6) is 5.75 Å². The molecule has 1 aliphatic heterocycles. The molecule has 0 unspecified atom stereocenters. The number of benzene rings is 3. The van der Waals surface area contributed by atoms with Gasteiger partial charge >= 0.3 is 0 Å². The lowest BCUT2D eigenvalue weighted by Crippen LogP contribution is -2.30. The van der Waals surface area contributed by atoms with E-state index in [1.807, 2.05) is 49.6 Å². The van der Waals surface area contributed by atoms with E-state index in [1.165, 1.54) is 0 Å². The molecule has 0 aliphatic carbocycles. The molecule has 5 aromatic rings. The molecule has 172 valence electrons. The lowest BCUT2D eigenvalue weighted by Gasteiger charge is -2.34. The van der Waals surface area contributed by atoms with Gasteiger partial charge in [-0.2, -0.15) is 5.26 Å². The quantitative estimate of drug-likeness (QED) is 0.268. The van der Waals surface area contributed by atoms with Gasteiger partial charge < -0.3 is 9.15 Å². The fourth-order valence-corrected chi connectivity index (χ4v) is 5.56. The summed E-state index contributed by atoms with van der Waals surface area (Å²) in [5.74, 6) is 0.892. The van der Waals surface area contributed by atoms with Crippen molar-refractivity contribution >= 4 is 21.9 Å². The van der Waals surface area contributed by atoms with Crippen LogP contribution in [0.2, 0.25) is 0 Å². The normalized spacial score (nSPS) is 14.5. The molecule has 4 nitrogen and oxygen atoms in total. The van der Waals surface area contributed by atoms with Crippen molar-refractivity contribution in [3.63, 3.8) is 0 Å². The Morgan fingerprint density at radius 3 is 2.46 bits per heavy atom. The topological polar surface area (TPSA) is 50.0 Å². The Bertz CT molecular complexity index is 1680. The van der Waals surface area contributed by atoms with Crippen molar-refractivity contribution in [3.05, 3.63) is 83.6 Å². The molecule has 0 spiro atoms. The molecule has 3 aromatic carbocycles. The van der Waals surface area contributed by atoms with E-state index in [9.17, 15) is 5.26 Å². The summed E-state index contributed by atoms with van der Waals surface area (Å²) in [6, 6.07) is 23.0. The zero-order chi connectivity index (χ0) is 24.3. The van der Waals surface area contributed by atoms with Crippen LogP contribution in [-0.2, 0) is 12.5 Å². The van der Waals surface area contributed by atoms with Gasteiger partial charge in [0, 0.05) is 34.0 Å². The maximum Gasteiger partial charge on any atom is 0.216 e. The van der Waals surface area contributed by atoms with Crippen LogP contribution < -0.4 is 9.30 Å². The fourth-order valence-electron chi connectivity index (χ4n) is 5.56. The van der Waals surface area contributed by atoms with Crippen molar-refractivity contribution in [1.29, 1.82) is 5.26 Å². The highest BCUT2D eigenvalue weighted by Crippen LogP contribution is 2.48. The summed E-state index contributed by atoms with van der Waals surface area (Å²) in [6.07, 6.45) is 2.97. The molecule has 0 fully saturated rings. The van der Waals surface area contributed by atoms with Gasteiger partial charge in [-0.1, -0.05) is 38.1 Å². The van der Waals surface area contributed by atoms with Gasteiger partial charge in [0.15, 0.2) is 6.20 Å². The third-order valence-corrected chi connectivity index (χ3v) is 7.41. The summed E-state index contributed by atoms with van der Waals surface area (Å²) in [5.41, 5.74) is 8.43. The second kappa shape index (κ2) is 7.71. The molecule has 0 N–H and O–H groups in total. The fraction of sp³-hybridized carbons (Fsp3) is 0.226. The van der Waals surface area contributed by atoms with Crippen molar-refractivity contribution in [2.24, 2.45) is 7.05 Å². The second-order valence-electron chi connectivity index (χ2n) is 10.1. The van der Waals surface area contributed by atoms with Crippen LogP contribution >= 0.6 is 0 Å². The number of hydrogen-bond donors (Lipinski definition) is 0. The number of fused-ring (bicyclic) bond motifs is 4. The summed E-state index contributed by atoms with van der Waals surface area (Å²) in [4.78, 5) is 0. The Labute approximate surface area is 205 Å². The summed E-state index contributed by atoms with van der Waals surface area (Å²) >= 11 is 0. The van der Waals surface area contributed by atoms with Crippen LogP contribution in [0.25, 0.3) is 44.3 Å². The zero-order valence-electron chi connectivity index (χ0n) is 20.5.